The molecule has 84 valence electrons. The van der Waals surface area contributed by atoms with Crippen LogP contribution >= 0.6 is 38.9 Å². The van der Waals surface area contributed by atoms with Crippen molar-refractivity contribution in [3.8, 4) is 10.6 Å². The lowest BCUT2D eigenvalue weighted by Crippen LogP contribution is -1.83. The lowest BCUT2D eigenvalue weighted by Gasteiger charge is -1.94. The summed E-state index contributed by atoms with van der Waals surface area (Å²) < 4.78 is 2.32. The molecular formula is C12H6BrClN2S. The van der Waals surface area contributed by atoms with Gasteiger partial charge in [0, 0.05) is 15.4 Å². The third-order valence-corrected chi connectivity index (χ3v) is 4.69. The summed E-state index contributed by atoms with van der Waals surface area (Å²) in [4.78, 5) is 9.20. The van der Waals surface area contributed by atoms with Gasteiger partial charge in [0.05, 0.1) is 10.6 Å². The van der Waals surface area contributed by atoms with E-state index in [4.69, 9.17) is 11.6 Å². The van der Waals surface area contributed by atoms with E-state index in [0.29, 0.717) is 0 Å². The molecule has 3 aromatic rings. The van der Waals surface area contributed by atoms with Crippen LogP contribution in [0, 0.1) is 0 Å². The topological polar surface area (TPSA) is 25.8 Å². The van der Waals surface area contributed by atoms with Crippen LogP contribution in [0.5, 0.6) is 0 Å². The average Bonchev–Trinajstić information content (AvgIpc) is 2.74. The van der Waals surface area contributed by atoms with Crippen LogP contribution in [-0.4, -0.2) is 9.97 Å². The fraction of sp³-hybridized carbons (Fsp3) is 0. The van der Waals surface area contributed by atoms with Gasteiger partial charge in [0.2, 0.25) is 5.28 Å². The van der Waals surface area contributed by atoms with Crippen molar-refractivity contribution in [2.24, 2.45) is 0 Å². The maximum atomic E-state index is 5.80. The van der Waals surface area contributed by atoms with Crippen molar-refractivity contribution in [1.82, 2.24) is 9.97 Å². The van der Waals surface area contributed by atoms with Crippen LogP contribution in [0.25, 0.3) is 20.7 Å². The molecule has 0 aliphatic carbocycles. The average molecular weight is 326 g/mol. The summed E-state index contributed by atoms with van der Waals surface area (Å²) in [7, 11) is 0. The van der Waals surface area contributed by atoms with Crippen molar-refractivity contribution in [1.29, 1.82) is 0 Å². The first kappa shape index (κ1) is 11.1. The molecule has 3 rings (SSSR count). The maximum Gasteiger partial charge on any atom is 0.222 e. The summed E-state index contributed by atoms with van der Waals surface area (Å²) in [5, 5.41) is 1.48. The zero-order valence-electron chi connectivity index (χ0n) is 8.52. The number of rotatable bonds is 1. The van der Waals surface area contributed by atoms with E-state index >= 15 is 0 Å². The van der Waals surface area contributed by atoms with Gasteiger partial charge in [-0.1, -0.05) is 12.1 Å². The molecule has 0 amide bonds. The van der Waals surface area contributed by atoms with E-state index in [2.05, 4.69) is 38.0 Å². The Morgan fingerprint density at radius 3 is 2.88 bits per heavy atom. The monoisotopic (exact) mass is 324 g/mol. The second-order valence-corrected chi connectivity index (χ2v) is 5.72. The molecule has 0 radical (unpaired) electrons. The number of fused-ring (bicyclic) bond motifs is 1. The third-order valence-electron chi connectivity index (χ3n) is 2.37. The summed E-state index contributed by atoms with van der Waals surface area (Å²) in [5.74, 6) is 0. The Morgan fingerprint density at radius 2 is 2.12 bits per heavy atom. The van der Waals surface area contributed by atoms with Crippen LogP contribution < -0.4 is 0 Å². The van der Waals surface area contributed by atoms with Gasteiger partial charge in [0.1, 0.15) is 0 Å². The lowest BCUT2D eigenvalue weighted by molar-refractivity contribution is 1.18. The minimum Gasteiger partial charge on any atom is -0.226 e. The molecule has 0 aliphatic heterocycles. The predicted molar refractivity (Wildman–Crippen MR) is 75.6 cm³/mol. The van der Waals surface area contributed by atoms with Crippen molar-refractivity contribution >= 4 is 49.0 Å². The molecule has 0 spiro atoms. The van der Waals surface area contributed by atoms with Gasteiger partial charge in [-0.3, -0.25) is 0 Å². The highest BCUT2D eigenvalue weighted by Crippen LogP contribution is 2.36. The highest BCUT2D eigenvalue weighted by atomic mass is 79.9. The van der Waals surface area contributed by atoms with Crippen molar-refractivity contribution < 1.29 is 0 Å². The minimum absolute atomic E-state index is 0.277. The molecule has 0 saturated heterocycles. The highest BCUT2D eigenvalue weighted by molar-refractivity contribution is 9.10. The number of thiophene rings is 1. The molecule has 5 heteroatoms. The fourth-order valence-corrected chi connectivity index (χ4v) is 3.43. The predicted octanol–water partition coefficient (Wildman–Crippen LogP) is 4.77. The maximum absolute atomic E-state index is 5.80. The molecule has 2 aromatic heterocycles. The van der Waals surface area contributed by atoms with Gasteiger partial charge in [-0.05, 0) is 51.1 Å². The number of hydrogen-bond donors (Lipinski definition) is 0. The summed E-state index contributed by atoms with van der Waals surface area (Å²) in [6, 6.07) is 10.1. The Hall–Kier alpha value is -0.970. The number of nitrogens with zero attached hydrogens (tertiary/aromatic N) is 2. The number of benzene rings is 1. The van der Waals surface area contributed by atoms with E-state index in [9.17, 15) is 0 Å². The molecule has 1 aromatic carbocycles. The van der Waals surface area contributed by atoms with Gasteiger partial charge in [0.15, 0.2) is 0 Å². The Kier molecular flexibility index (Phi) is 2.86. The highest BCUT2D eigenvalue weighted by Gasteiger charge is 2.08. The Labute approximate surface area is 115 Å². The molecule has 0 N–H and O–H groups in total. The summed E-state index contributed by atoms with van der Waals surface area (Å²) >= 11 is 11.0. The second kappa shape index (κ2) is 4.37. The standard InChI is InChI=1S/C12H6BrClN2S/c13-8-3-1-2-7-6-10(17-11(7)8)9-4-5-15-12(14)16-9/h1-6H. The van der Waals surface area contributed by atoms with E-state index < -0.39 is 0 Å². The molecular weight excluding hydrogens is 320 g/mol. The first-order valence-electron chi connectivity index (χ1n) is 4.91. The zero-order valence-corrected chi connectivity index (χ0v) is 11.7. The molecule has 2 heterocycles. The first-order valence-corrected chi connectivity index (χ1v) is 6.90. The van der Waals surface area contributed by atoms with Gasteiger partial charge < -0.3 is 0 Å². The van der Waals surface area contributed by atoms with Crippen LogP contribution in [0.1, 0.15) is 0 Å². The van der Waals surface area contributed by atoms with E-state index in [1.807, 2.05) is 18.2 Å². The number of aromatic nitrogens is 2. The molecule has 0 aliphatic rings. The Bertz CT molecular complexity index is 696. The van der Waals surface area contributed by atoms with Crippen LogP contribution in [0.2, 0.25) is 5.28 Å². The summed E-state index contributed by atoms with van der Waals surface area (Å²) in [6.45, 7) is 0. The van der Waals surface area contributed by atoms with Gasteiger partial charge in [-0.25, -0.2) is 9.97 Å². The van der Waals surface area contributed by atoms with Gasteiger partial charge in [0.25, 0.3) is 0 Å². The molecule has 0 bridgehead atoms. The van der Waals surface area contributed by atoms with E-state index in [-0.39, 0.29) is 5.28 Å². The molecule has 2 nitrogen and oxygen atoms in total. The van der Waals surface area contributed by atoms with E-state index in [0.717, 1.165) is 15.0 Å². The molecule has 0 fully saturated rings. The largest absolute Gasteiger partial charge is 0.226 e. The Morgan fingerprint density at radius 1 is 1.24 bits per heavy atom. The number of halogens is 2. The molecule has 0 unspecified atom stereocenters. The van der Waals surface area contributed by atoms with Crippen molar-refractivity contribution in [2.45, 2.75) is 0 Å². The lowest BCUT2D eigenvalue weighted by atomic mass is 10.2. The summed E-state index contributed by atoms with van der Waals surface area (Å²) in [5.41, 5.74) is 0.859. The smallest absolute Gasteiger partial charge is 0.222 e. The normalized spacial score (nSPS) is 10.9. The molecule has 0 atom stereocenters. The first-order chi connectivity index (χ1) is 8.24. The van der Waals surface area contributed by atoms with E-state index in [1.54, 1.807) is 17.5 Å². The van der Waals surface area contributed by atoms with Gasteiger partial charge in [-0.2, -0.15) is 0 Å². The van der Waals surface area contributed by atoms with Crippen LogP contribution in [-0.2, 0) is 0 Å². The third kappa shape index (κ3) is 2.08. The van der Waals surface area contributed by atoms with Crippen LogP contribution in [0.15, 0.2) is 41.0 Å². The molecule has 0 saturated carbocycles. The van der Waals surface area contributed by atoms with Crippen molar-refractivity contribution in [3.05, 3.63) is 46.3 Å². The van der Waals surface area contributed by atoms with Crippen LogP contribution in [0.4, 0.5) is 0 Å². The van der Waals surface area contributed by atoms with E-state index in [1.165, 1.54) is 10.1 Å². The minimum atomic E-state index is 0.277. The quantitative estimate of drug-likeness (QED) is 0.602. The van der Waals surface area contributed by atoms with Gasteiger partial charge in [-0.15, -0.1) is 11.3 Å². The van der Waals surface area contributed by atoms with Gasteiger partial charge >= 0.3 is 0 Å². The zero-order chi connectivity index (χ0) is 11.8. The van der Waals surface area contributed by atoms with Crippen molar-refractivity contribution in [3.63, 3.8) is 0 Å². The fourth-order valence-electron chi connectivity index (χ4n) is 1.63. The SMILES string of the molecule is Clc1nccc(-c2cc3cccc(Br)c3s2)n1. The molecule has 17 heavy (non-hydrogen) atoms. The number of hydrogen-bond acceptors (Lipinski definition) is 3. The van der Waals surface area contributed by atoms with Crippen molar-refractivity contribution in [2.75, 3.05) is 0 Å². The Balaban J connectivity index is 2.22. The van der Waals surface area contributed by atoms with Crippen LogP contribution in [0.3, 0.4) is 0 Å². The second-order valence-electron chi connectivity index (χ2n) is 3.48. The summed E-state index contributed by atoms with van der Waals surface area (Å²) in [6.07, 6.45) is 1.67.